The SMILES string of the molecule is CCS(=O)(=O)N1C[C@@H]2CCC[C@](O)(c3nccn3C)[C@H]2C1. The van der Waals surface area contributed by atoms with E-state index in [2.05, 4.69) is 4.98 Å². The second kappa shape index (κ2) is 5.07. The largest absolute Gasteiger partial charge is 0.382 e. The van der Waals surface area contributed by atoms with Gasteiger partial charge < -0.3 is 9.67 Å². The summed E-state index contributed by atoms with van der Waals surface area (Å²) in [6, 6.07) is 0. The van der Waals surface area contributed by atoms with E-state index in [0.717, 1.165) is 12.8 Å². The smallest absolute Gasteiger partial charge is 0.213 e. The van der Waals surface area contributed by atoms with E-state index >= 15 is 0 Å². The van der Waals surface area contributed by atoms with E-state index in [9.17, 15) is 13.5 Å². The van der Waals surface area contributed by atoms with Crippen LogP contribution in [0.3, 0.4) is 0 Å². The summed E-state index contributed by atoms with van der Waals surface area (Å²) in [5.41, 5.74) is -1.01. The van der Waals surface area contributed by atoms with E-state index in [0.29, 0.717) is 25.3 Å². The molecule has 2 aliphatic rings. The Morgan fingerprint density at radius 2 is 2.24 bits per heavy atom. The highest BCUT2D eigenvalue weighted by Gasteiger charge is 2.53. The van der Waals surface area contributed by atoms with Crippen molar-refractivity contribution in [3.8, 4) is 0 Å². The fourth-order valence-electron chi connectivity index (χ4n) is 3.95. The minimum absolute atomic E-state index is 0.0614. The first-order chi connectivity index (χ1) is 9.88. The average Bonchev–Trinajstić information content (AvgIpc) is 3.06. The van der Waals surface area contributed by atoms with Crippen LogP contribution in [-0.4, -0.2) is 46.2 Å². The van der Waals surface area contributed by atoms with Gasteiger partial charge in [0.1, 0.15) is 11.4 Å². The Kier molecular flexibility index (Phi) is 3.62. The zero-order chi connectivity index (χ0) is 15.3. The van der Waals surface area contributed by atoms with Crippen molar-refractivity contribution < 1.29 is 13.5 Å². The molecular formula is C14H23N3O3S. The van der Waals surface area contributed by atoms with Crippen LogP contribution in [0.4, 0.5) is 0 Å². The fraction of sp³-hybridized carbons (Fsp3) is 0.786. The van der Waals surface area contributed by atoms with Gasteiger partial charge in [0.05, 0.1) is 5.75 Å². The summed E-state index contributed by atoms with van der Waals surface area (Å²) in [5.74, 6) is 0.941. The van der Waals surface area contributed by atoms with Gasteiger partial charge in [-0.1, -0.05) is 0 Å². The molecule has 2 heterocycles. The van der Waals surface area contributed by atoms with Crippen LogP contribution in [0.15, 0.2) is 12.4 Å². The maximum absolute atomic E-state index is 12.1. The molecule has 118 valence electrons. The Labute approximate surface area is 125 Å². The third-order valence-electron chi connectivity index (χ3n) is 5.12. The van der Waals surface area contributed by atoms with E-state index in [1.165, 1.54) is 0 Å². The van der Waals surface area contributed by atoms with Gasteiger partial charge in [-0.15, -0.1) is 0 Å². The molecule has 0 amide bonds. The Morgan fingerprint density at radius 1 is 1.48 bits per heavy atom. The molecule has 3 atom stereocenters. The number of rotatable bonds is 3. The Hall–Kier alpha value is -0.920. The van der Waals surface area contributed by atoms with E-state index in [1.807, 2.05) is 17.8 Å². The Balaban J connectivity index is 1.94. The lowest BCUT2D eigenvalue weighted by molar-refractivity contribution is -0.0728. The minimum Gasteiger partial charge on any atom is -0.382 e. The van der Waals surface area contributed by atoms with Crippen molar-refractivity contribution in [2.45, 2.75) is 31.8 Å². The van der Waals surface area contributed by atoms with E-state index in [1.54, 1.807) is 17.4 Å². The van der Waals surface area contributed by atoms with Gasteiger partial charge in [-0.25, -0.2) is 17.7 Å². The van der Waals surface area contributed by atoms with Crippen molar-refractivity contribution in [3.63, 3.8) is 0 Å². The lowest BCUT2D eigenvalue weighted by Crippen LogP contribution is -2.44. The lowest BCUT2D eigenvalue weighted by atomic mass is 9.70. The number of hydrogen-bond donors (Lipinski definition) is 1. The highest BCUT2D eigenvalue weighted by molar-refractivity contribution is 7.89. The van der Waals surface area contributed by atoms with Gasteiger partial charge in [-0.05, 0) is 32.1 Å². The molecule has 1 saturated carbocycles. The number of hydrogen-bond acceptors (Lipinski definition) is 4. The molecule has 3 rings (SSSR count). The van der Waals surface area contributed by atoms with E-state index in [-0.39, 0.29) is 17.6 Å². The number of aliphatic hydroxyl groups is 1. The van der Waals surface area contributed by atoms with Crippen molar-refractivity contribution in [3.05, 3.63) is 18.2 Å². The molecular weight excluding hydrogens is 290 g/mol. The zero-order valence-electron chi connectivity index (χ0n) is 12.6. The first kappa shape index (κ1) is 15.0. The summed E-state index contributed by atoms with van der Waals surface area (Å²) in [5, 5.41) is 11.2. The zero-order valence-corrected chi connectivity index (χ0v) is 13.4. The number of sulfonamides is 1. The molecule has 0 radical (unpaired) electrons. The number of fused-ring (bicyclic) bond motifs is 1. The molecule has 0 bridgehead atoms. The molecule has 1 N–H and O–H groups in total. The predicted octanol–water partition coefficient (Wildman–Crippen LogP) is 0.689. The number of nitrogens with zero attached hydrogens (tertiary/aromatic N) is 3. The molecule has 0 aromatic carbocycles. The number of imidazole rings is 1. The van der Waals surface area contributed by atoms with Crippen LogP contribution >= 0.6 is 0 Å². The molecule has 2 fully saturated rings. The standard InChI is InChI=1S/C14H23N3O3S/c1-3-21(19,20)17-9-11-5-4-6-14(18,12(11)10-17)13-15-7-8-16(13)2/h7-8,11-12,18H,3-6,9-10H2,1-2H3/t11-,12-,14+/m0/s1. The molecule has 1 aromatic heterocycles. The molecule has 0 spiro atoms. The van der Waals surface area contributed by atoms with E-state index in [4.69, 9.17) is 0 Å². The van der Waals surface area contributed by atoms with Gasteiger partial charge in [0.2, 0.25) is 10.0 Å². The quantitative estimate of drug-likeness (QED) is 0.891. The summed E-state index contributed by atoms with van der Waals surface area (Å²) in [6.45, 7) is 2.61. The molecule has 21 heavy (non-hydrogen) atoms. The summed E-state index contributed by atoms with van der Waals surface area (Å²) >= 11 is 0. The first-order valence-corrected chi connectivity index (χ1v) is 9.17. The Bertz CT molecular complexity index is 627. The van der Waals surface area contributed by atoms with Crippen LogP contribution in [0.2, 0.25) is 0 Å². The van der Waals surface area contributed by atoms with Crippen LogP contribution in [0.25, 0.3) is 0 Å². The van der Waals surface area contributed by atoms with Crippen LogP contribution in [0.5, 0.6) is 0 Å². The molecule has 0 unspecified atom stereocenters. The van der Waals surface area contributed by atoms with Crippen molar-refractivity contribution >= 4 is 10.0 Å². The van der Waals surface area contributed by atoms with Crippen LogP contribution in [0, 0.1) is 11.8 Å². The van der Waals surface area contributed by atoms with Gasteiger partial charge in [-0.3, -0.25) is 0 Å². The summed E-state index contributed by atoms with van der Waals surface area (Å²) in [7, 11) is -1.32. The van der Waals surface area contributed by atoms with Crippen molar-refractivity contribution in [2.24, 2.45) is 18.9 Å². The van der Waals surface area contributed by atoms with E-state index < -0.39 is 15.6 Å². The predicted molar refractivity (Wildman–Crippen MR) is 79.0 cm³/mol. The third kappa shape index (κ3) is 2.31. The molecule has 1 aliphatic carbocycles. The Morgan fingerprint density at radius 3 is 2.86 bits per heavy atom. The van der Waals surface area contributed by atoms with Gasteiger partial charge in [0, 0.05) is 38.4 Å². The van der Waals surface area contributed by atoms with Gasteiger partial charge >= 0.3 is 0 Å². The monoisotopic (exact) mass is 313 g/mol. The summed E-state index contributed by atoms with van der Waals surface area (Å²) in [4.78, 5) is 4.32. The highest BCUT2D eigenvalue weighted by Crippen LogP contribution is 2.48. The van der Waals surface area contributed by atoms with Crippen LogP contribution in [-0.2, 0) is 22.7 Å². The normalized spacial score (nSPS) is 34.0. The second-order valence-electron chi connectivity index (χ2n) is 6.26. The molecule has 1 aliphatic heterocycles. The topological polar surface area (TPSA) is 75.4 Å². The number of aryl methyl sites for hydroxylation is 1. The van der Waals surface area contributed by atoms with Gasteiger partial charge in [-0.2, -0.15) is 0 Å². The van der Waals surface area contributed by atoms with Gasteiger partial charge in [0.15, 0.2) is 0 Å². The summed E-state index contributed by atoms with van der Waals surface area (Å²) < 4.78 is 27.7. The van der Waals surface area contributed by atoms with Crippen molar-refractivity contribution in [2.75, 3.05) is 18.8 Å². The molecule has 1 saturated heterocycles. The highest BCUT2D eigenvalue weighted by atomic mass is 32.2. The summed E-state index contributed by atoms with van der Waals surface area (Å²) in [6.07, 6.45) is 6.05. The van der Waals surface area contributed by atoms with Crippen LogP contribution in [0.1, 0.15) is 32.0 Å². The maximum atomic E-state index is 12.1. The minimum atomic E-state index is -3.19. The first-order valence-electron chi connectivity index (χ1n) is 7.56. The fourth-order valence-corrected chi connectivity index (χ4v) is 5.13. The van der Waals surface area contributed by atoms with Crippen LogP contribution < -0.4 is 0 Å². The van der Waals surface area contributed by atoms with Gasteiger partial charge in [0.25, 0.3) is 0 Å². The second-order valence-corrected chi connectivity index (χ2v) is 8.52. The third-order valence-corrected chi connectivity index (χ3v) is 6.93. The van der Waals surface area contributed by atoms with Crippen molar-refractivity contribution in [1.29, 1.82) is 0 Å². The average molecular weight is 313 g/mol. The maximum Gasteiger partial charge on any atom is 0.213 e. The molecule has 1 aromatic rings. The molecule has 7 heteroatoms. The van der Waals surface area contributed by atoms with Crippen molar-refractivity contribution in [1.82, 2.24) is 13.9 Å². The number of aromatic nitrogens is 2. The molecule has 6 nitrogen and oxygen atoms in total. The lowest BCUT2D eigenvalue weighted by Gasteiger charge is -2.40.